The zero-order valence-electron chi connectivity index (χ0n) is 9.76. The largest absolute Gasteiger partial charge is 0.371 e. The van der Waals surface area contributed by atoms with Crippen LogP contribution in [0.2, 0.25) is 0 Å². The van der Waals surface area contributed by atoms with Crippen LogP contribution in [0, 0.1) is 11.2 Å². The maximum atomic E-state index is 13.6. The summed E-state index contributed by atoms with van der Waals surface area (Å²) in [5.74, 6) is 0.0380. The van der Waals surface area contributed by atoms with Crippen LogP contribution in [0.1, 0.15) is 25.8 Å². The van der Waals surface area contributed by atoms with Gasteiger partial charge in [-0.25, -0.2) is 4.39 Å². The Hall–Kier alpha value is -0.760. The molecule has 0 radical (unpaired) electrons. The molecule has 88 valence electrons. The van der Waals surface area contributed by atoms with Crippen molar-refractivity contribution < 1.29 is 4.39 Å². The van der Waals surface area contributed by atoms with Gasteiger partial charge in [-0.05, 0) is 24.0 Å². The minimum absolute atomic E-state index is 0.197. The molecule has 2 rings (SSSR count). The normalized spacial score (nSPS) is 19.1. The minimum atomic E-state index is -0.197. The molecule has 16 heavy (non-hydrogen) atoms. The molecule has 1 aromatic carbocycles. The molecule has 0 bridgehead atoms. The second-order valence-electron chi connectivity index (χ2n) is 5.21. The highest BCUT2D eigenvalue weighted by atomic mass is 35.5. The van der Waals surface area contributed by atoms with Crippen molar-refractivity contribution in [2.24, 2.45) is 5.41 Å². The van der Waals surface area contributed by atoms with Crippen molar-refractivity contribution in [3.63, 3.8) is 0 Å². The molecule has 3 heteroatoms. The Morgan fingerprint density at radius 1 is 1.44 bits per heavy atom. The first-order valence-corrected chi connectivity index (χ1v) is 6.15. The second-order valence-corrected chi connectivity index (χ2v) is 5.47. The Labute approximate surface area is 101 Å². The van der Waals surface area contributed by atoms with Crippen molar-refractivity contribution in [3.05, 3.63) is 29.6 Å². The summed E-state index contributed by atoms with van der Waals surface area (Å²) in [4.78, 5) is 2.24. The molecule has 0 amide bonds. The van der Waals surface area contributed by atoms with E-state index >= 15 is 0 Å². The van der Waals surface area contributed by atoms with Gasteiger partial charge in [0, 0.05) is 24.3 Å². The van der Waals surface area contributed by atoms with E-state index in [1.807, 2.05) is 6.07 Å². The van der Waals surface area contributed by atoms with E-state index in [2.05, 4.69) is 18.7 Å². The molecule has 1 aliphatic heterocycles. The highest BCUT2D eigenvalue weighted by Gasteiger charge is 2.30. The summed E-state index contributed by atoms with van der Waals surface area (Å²) in [6.45, 7) is 6.44. The van der Waals surface area contributed by atoms with E-state index in [9.17, 15) is 4.39 Å². The minimum Gasteiger partial charge on any atom is -0.371 e. The number of anilines is 1. The van der Waals surface area contributed by atoms with Gasteiger partial charge < -0.3 is 4.90 Å². The van der Waals surface area contributed by atoms with Crippen LogP contribution < -0.4 is 4.90 Å². The maximum Gasteiger partial charge on any atom is 0.129 e. The Bertz CT molecular complexity index is 390. The Kier molecular flexibility index (Phi) is 3.11. The third-order valence-corrected chi connectivity index (χ3v) is 3.51. The fourth-order valence-corrected chi connectivity index (χ4v) is 2.56. The predicted octanol–water partition coefficient (Wildman–Crippen LogP) is 3.80. The quantitative estimate of drug-likeness (QED) is 0.712. The van der Waals surface area contributed by atoms with E-state index < -0.39 is 0 Å². The zero-order chi connectivity index (χ0) is 11.8. The lowest BCUT2D eigenvalue weighted by atomic mass is 9.93. The molecular formula is C13H17ClFN. The van der Waals surface area contributed by atoms with Crippen LogP contribution in [0.3, 0.4) is 0 Å². The van der Waals surface area contributed by atoms with Crippen LogP contribution in [-0.2, 0) is 5.88 Å². The molecule has 0 aromatic heterocycles. The Balaban J connectivity index is 2.31. The SMILES string of the molecule is CC1(C)CCN(c2cccc(F)c2CCl)C1. The molecule has 0 unspecified atom stereocenters. The van der Waals surface area contributed by atoms with Crippen LogP contribution in [0.5, 0.6) is 0 Å². The van der Waals surface area contributed by atoms with Gasteiger partial charge in [0.05, 0.1) is 5.88 Å². The Morgan fingerprint density at radius 2 is 2.19 bits per heavy atom. The lowest BCUT2D eigenvalue weighted by Crippen LogP contribution is -2.23. The highest BCUT2D eigenvalue weighted by Crippen LogP contribution is 2.35. The third kappa shape index (κ3) is 2.17. The second kappa shape index (κ2) is 4.25. The van der Waals surface area contributed by atoms with E-state index in [1.54, 1.807) is 6.07 Å². The van der Waals surface area contributed by atoms with Gasteiger partial charge in [0.25, 0.3) is 0 Å². The van der Waals surface area contributed by atoms with Crippen LogP contribution >= 0.6 is 11.6 Å². The molecule has 0 aliphatic carbocycles. The Morgan fingerprint density at radius 3 is 2.75 bits per heavy atom. The molecule has 1 aromatic rings. The standard InChI is InChI=1S/C13H17ClFN/c1-13(2)6-7-16(9-13)12-5-3-4-11(15)10(12)8-14/h3-5H,6-9H2,1-2H3. The van der Waals surface area contributed by atoms with E-state index in [0.29, 0.717) is 11.0 Å². The average molecular weight is 242 g/mol. The molecular weight excluding hydrogens is 225 g/mol. The number of halogens is 2. The van der Waals surface area contributed by atoms with Gasteiger partial charge in [-0.3, -0.25) is 0 Å². The van der Waals surface area contributed by atoms with Gasteiger partial charge in [0.1, 0.15) is 5.82 Å². The van der Waals surface area contributed by atoms with E-state index in [0.717, 1.165) is 25.2 Å². The monoisotopic (exact) mass is 241 g/mol. The molecule has 1 saturated heterocycles. The van der Waals surface area contributed by atoms with Crippen molar-refractivity contribution in [2.75, 3.05) is 18.0 Å². The number of alkyl halides is 1. The summed E-state index contributed by atoms with van der Waals surface area (Å²) >= 11 is 5.82. The fourth-order valence-electron chi connectivity index (χ4n) is 2.29. The first-order valence-electron chi connectivity index (χ1n) is 5.62. The summed E-state index contributed by atoms with van der Waals surface area (Å²) < 4.78 is 13.6. The smallest absolute Gasteiger partial charge is 0.129 e. The number of hydrogen-bond donors (Lipinski definition) is 0. The highest BCUT2D eigenvalue weighted by molar-refractivity contribution is 6.17. The fraction of sp³-hybridized carbons (Fsp3) is 0.538. The van der Waals surface area contributed by atoms with Crippen LogP contribution in [-0.4, -0.2) is 13.1 Å². The van der Waals surface area contributed by atoms with Crippen molar-refractivity contribution in [2.45, 2.75) is 26.1 Å². The summed E-state index contributed by atoms with van der Waals surface area (Å²) in [5.41, 5.74) is 1.90. The first-order chi connectivity index (χ1) is 7.53. The topological polar surface area (TPSA) is 3.24 Å². The van der Waals surface area contributed by atoms with Gasteiger partial charge in [0.2, 0.25) is 0 Å². The van der Waals surface area contributed by atoms with Gasteiger partial charge in [-0.15, -0.1) is 11.6 Å². The summed E-state index contributed by atoms with van der Waals surface area (Å²) in [6.07, 6.45) is 1.14. The first kappa shape index (κ1) is 11.7. The average Bonchev–Trinajstić information content (AvgIpc) is 2.58. The molecule has 0 spiro atoms. The van der Waals surface area contributed by atoms with Crippen LogP contribution in [0.4, 0.5) is 10.1 Å². The molecule has 0 atom stereocenters. The van der Waals surface area contributed by atoms with E-state index in [-0.39, 0.29) is 11.7 Å². The van der Waals surface area contributed by atoms with Crippen LogP contribution in [0.25, 0.3) is 0 Å². The predicted molar refractivity (Wildman–Crippen MR) is 66.6 cm³/mol. The summed E-state index contributed by atoms with van der Waals surface area (Å²) in [6, 6.07) is 5.19. The van der Waals surface area contributed by atoms with Crippen molar-refractivity contribution in [3.8, 4) is 0 Å². The molecule has 1 fully saturated rings. The lowest BCUT2D eigenvalue weighted by molar-refractivity contribution is 0.418. The van der Waals surface area contributed by atoms with Crippen molar-refractivity contribution in [1.82, 2.24) is 0 Å². The molecule has 0 N–H and O–H groups in total. The van der Waals surface area contributed by atoms with E-state index in [1.165, 1.54) is 6.07 Å². The number of nitrogens with zero attached hydrogens (tertiary/aromatic N) is 1. The number of benzene rings is 1. The summed E-state index contributed by atoms with van der Waals surface area (Å²) in [5, 5.41) is 0. The van der Waals surface area contributed by atoms with Crippen LogP contribution in [0.15, 0.2) is 18.2 Å². The number of rotatable bonds is 2. The molecule has 1 nitrogen and oxygen atoms in total. The maximum absolute atomic E-state index is 13.6. The summed E-state index contributed by atoms with van der Waals surface area (Å²) in [7, 11) is 0. The zero-order valence-corrected chi connectivity index (χ0v) is 10.5. The van der Waals surface area contributed by atoms with Gasteiger partial charge >= 0.3 is 0 Å². The van der Waals surface area contributed by atoms with Gasteiger partial charge in [0.15, 0.2) is 0 Å². The van der Waals surface area contributed by atoms with Crippen molar-refractivity contribution >= 4 is 17.3 Å². The van der Waals surface area contributed by atoms with Gasteiger partial charge in [-0.2, -0.15) is 0 Å². The molecule has 1 heterocycles. The third-order valence-electron chi connectivity index (χ3n) is 3.25. The molecule has 1 aliphatic rings. The number of hydrogen-bond acceptors (Lipinski definition) is 1. The van der Waals surface area contributed by atoms with E-state index in [4.69, 9.17) is 11.6 Å². The van der Waals surface area contributed by atoms with Gasteiger partial charge in [-0.1, -0.05) is 19.9 Å². The van der Waals surface area contributed by atoms with Crippen molar-refractivity contribution in [1.29, 1.82) is 0 Å². The molecule has 0 saturated carbocycles. The lowest BCUT2D eigenvalue weighted by Gasteiger charge is -2.23.